The van der Waals surface area contributed by atoms with Gasteiger partial charge in [0.25, 0.3) is 0 Å². The van der Waals surface area contributed by atoms with Crippen LogP contribution in [0.15, 0.2) is 39.8 Å². The molecule has 0 amide bonds. The summed E-state index contributed by atoms with van der Waals surface area (Å²) < 4.78 is 34.1. The highest BCUT2D eigenvalue weighted by molar-refractivity contribution is 7.89. The molecular weight excluding hydrogens is 356 g/mol. The Morgan fingerprint density at radius 2 is 1.76 bits per heavy atom. The van der Waals surface area contributed by atoms with E-state index in [1.165, 1.54) is 11.3 Å². The average molecular weight is 377 g/mol. The lowest BCUT2D eigenvalue weighted by Gasteiger charge is -2.09. The second-order valence-corrected chi connectivity index (χ2v) is 9.08. The molecule has 0 fully saturated rings. The van der Waals surface area contributed by atoms with Gasteiger partial charge in [-0.2, -0.15) is 0 Å². The van der Waals surface area contributed by atoms with Crippen molar-refractivity contribution in [3.8, 4) is 11.3 Å². The fourth-order valence-electron chi connectivity index (χ4n) is 2.74. The SMILES string of the molecule is Cc1noc(-c2c(C)sc(C)c2S(=O)(=O)NCc2ccccc2)c1C. The van der Waals surface area contributed by atoms with Crippen LogP contribution in [0.3, 0.4) is 0 Å². The highest BCUT2D eigenvalue weighted by Crippen LogP contribution is 2.40. The van der Waals surface area contributed by atoms with E-state index < -0.39 is 10.0 Å². The summed E-state index contributed by atoms with van der Waals surface area (Å²) in [6.45, 7) is 7.70. The van der Waals surface area contributed by atoms with Crippen molar-refractivity contribution < 1.29 is 12.9 Å². The monoisotopic (exact) mass is 376 g/mol. The third-order valence-corrected chi connectivity index (χ3v) is 6.89. The van der Waals surface area contributed by atoms with Crippen LogP contribution in [0.4, 0.5) is 0 Å². The van der Waals surface area contributed by atoms with Crippen LogP contribution >= 0.6 is 11.3 Å². The van der Waals surface area contributed by atoms with Crippen LogP contribution in [-0.2, 0) is 16.6 Å². The summed E-state index contributed by atoms with van der Waals surface area (Å²) in [6, 6.07) is 9.45. The zero-order chi connectivity index (χ0) is 18.2. The second kappa shape index (κ2) is 6.74. The molecular formula is C18H20N2O3S2. The number of nitrogens with one attached hydrogen (secondary N) is 1. The summed E-state index contributed by atoms with van der Waals surface area (Å²) in [5.74, 6) is 0.527. The second-order valence-electron chi connectivity index (χ2n) is 5.95. The van der Waals surface area contributed by atoms with E-state index in [2.05, 4.69) is 9.88 Å². The van der Waals surface area contributed by atoms with Crippen LogP contribution in [0.1, 0.15) is 26.6 Å². The molecule has 0 radical (unpaired) electrons. The first-order valence-electron chi connectivity index (χ1n) is 7.88. The number of aromatic nitrogens is 1. The van der Waals surface area contributed by atoms with Gasteiger partial charge < -0.3 is 4.52 Å². The first-order valence-corrected chi connectivity index (χ1v) is 10.2. The van der Waals surface area contributed by atoms with Gasteiger partial charge in [-0.15, -0.1) is 11.3 Å². The van der Waals surface area contributed by atoms with Crippen LogP contribution in [0.2, 0.25) is 0 Å². The van der Waals surface area contributed by atoms with E-state index in [0.29, 0.717) is 11.3 Å². The maximum absolute atomic E-state index is 13.0. The van der Waals surface area contributed by atoms with Gasteiger partial charge in [0.15, 0.2) is 5.76 Å². The Bertz CT molecular complexity index is 1000. The lowest BCUT2D eigenvalue weighted by atomic mass is 10.1. The number of hydrogen-bond acceptors (Lipinski definition) is 5. The lowest BCUT2D eigenvalue weighted by Crippen LogP contribution is -2.24. The van der Waals surface area contributed by atoms with Crippen LogP contribution in [-0.4, -0.2) is 13.6 Å². The number of benzene rings is 1. The Balaban J connectivity index is 2.03. The minimum atomic E-state index is -3.68. The van der Waals surface area contributed by atoms with Gasteiger partial charge in [-0.25, -0.2) is 13.1 Å². The van der Waals surface area contributed by atoms with E-state index in [0.717, 1.165) is 26.6 Å². The van der Waals surface area contributed by atoms with Crippen molar-refractivity contribution in [2.24, 2.45) is 0 Å². The third kappa shape index (κ3) is 3.40. The summed E-state index contributed by atoms with van der Waals surface area (Å²) in [4.78, 5) is 1.92. The molecule has 3 rings (SSSR count). The largest absolute Gasteiger partial charge is 0.356 e. The summed E-state index contributed by atoms with van der Waals surface area (Å²) >= 11 is 1.45. The van der Waals surface area contributed by atoms with E-state index in [1.54, 1.807) is 0 Å². The van der Waals surface area contributed by atoms with Crippen LogP contribution in [0, 0.1) is 27.7 Å². The number of aryl methyl sites for hydroxylation is 3. The smallest absolute Gasteiger partial charge is 0.242 e. The van der Waals surface area contributed by atoms with Crippen LogP contribution in [0.25, 0.3) is 11.3 Å². The Hall–Kier alpha value is -1.96. The molecule has 1 N–H and O–H groups in total. The number of sulfonamides is 1. The van der Waals surface area contributed by atoms with Gasteiger partial charge in [-0.05, 0) is 33.3 Å². The molecule has 0 saturated heterocycles. The molecule has 0 saturated carbocycles. The Morgan fingerprint density at radius 1 is 1.08 bits per heavy atom. The number of thiophene rings is 1. The van der Waals surface area contributed by atoms with E-state index >= 15 is 0 Å². The summed E-state index contributed by atoms with van der Waals surface area (Å²) in [7, 11) is -3.68. The molecule has 0 atom stereocenters. The van der Waals surface area contributed by atoms with Crippen molar-refractivity contribution in [2.75, 3.05) is 0 Å². The molecule has 2 heterocycles. The van der Waals surface area contributed by atoms with E-state index in [-0.39, 0.29) is 11.4 Å². The normalized spacial score (nSPS) is 11.8. The summed E-state index contributed by atoms with van der Waals surface area (Å²) in [5, 5.41) is 3.97. The maximum atomic E-state index is 13.0. The van der Waals surface area contributed by atoms with Gasteiger partial charge in [0.2, 0.25) is 10.0 Å². The predicted octanol–water partition coefficient (Wildman–Crippen LogP) is 4.12. The lowest BCUT2D eigenvalue weighted by molar-refractivity contribution is 0.426. The zero-order valence-corrected chi connectivity index (χ0v) is 16.2. The Kier molecular flexibility index (Phi) is 4.81. The van der Waals surface area contributed by atoms with Crippen molar-refractivity contribution in [1.82, 2.24) is 9.88 Å². The highest BCUT2D eigenvalue weighted by atomic mass is 32.2. The number of nitrogens with zero attached hydrogens (tertiary/aromatic N) is 1. The van der Waals surface area contributed by atoms with Gasteiger partial charge in [0.05, 0.1) is 11.3 Å². The van der Waals surface area contributed by atoms with Crippen LogP contribution in [0.5, 0.6) is 0 Å². The minimum absolute atomic E-state index is 0.241. The quantitative estimate of drug-likeness (QED) is 0.727. The fourth-order valence-corrected chi connectivity index (χ4v) is 5.61. The standard InChI is InChI=1S/C18H20N2O3S2/c1-11-12(2)20-23-17(11)16-13(3)24-14(4)18(16)25(21,22)19-10-15-8-6-5-7-9-15/h5-9,19H,10H2,1-4H3. The van der Waals surface area contributed by atoms with Crippen molar-refractivity contribution in [1.29, 1.82) is 0 Å². The first-order chi connectivity index (χ1) is 11.8. The average Bonchev–Trinajstić information content (AvgIpc) is 3.06. The van der Waals surface area contributed by atoms with E-state index in [1.807, 2.05) is 58.0 Å². The minimum Gasteiger partial charge on any atom is -0.356 e. The number of rotatable bonds is 5. The fraction of sp³-hybridized carbons (Fsp3) is 0.278. The Morgan fingerprint density at radius 3 is 2.36 bits per heavy atom. The molecule has 0 spiro atoms. The molecule has 0 aliphatic rings. The summed E-state index contributed by atoms with van der Waals surface area (Å²) in [5.41, 5.74) is 3.14. The van der Waals surface area contributed by atoms with Gasteiger partial charge in [-0.3, -0.25) is 0 Å². The van der Waals surface area contributed by atoms with Crippen molar-refractivity contribution >= 4 is 21.4 Å². The summed E-state index contributed by atoms with van der Waals surface area (Å²) in [6.07, 6.45) is 0. The van der Waals surface area contributed by atoms with Gasteiger partial charge in [-0.1, -0.05) is 35.5 Å². The third-order valence-electron chi connectivity index (χ3n) is 4.17. The van der Waals surface area contributed by atoms with Gasteiger partial charge in [0, 0.05) is 21.9 Å². The zero-order valence-electron chi connectivity index (χ0n) is 14.6. The maximum Gasteiger partial charge on any atom is 0.242 e. The molecule has 5 nitrogen and oxygen atoms in total. The molecule has 0 unspecified atom stereocenters. The highest BCUT2D eigenvalue weighted by Gasteiger charge is 2.29. The van der Waals surface area contributed by atoms with Crippen molar-refractivity contribution in [2.45, 2.75) is 39.1 Å². The predicted molar refractivity (Wildman–Crippen MR) is 99.2 cm³/mol. The molecule has 0 aliphatic carbocycles. The van der Waals surface area contributed by atoms with Crippen molar-refractivity contribution in [3.05, 3.63) is 56.9 Å². The molecule has 7 heteroatoms. The first kappa shape index (κ1) is 17.8. The number of hydrogen-bond donors (Lipinski definition) is 1. The van der Waals surface area contributed by atoms with Gasteiger partial charge in [0.1, 0.15) is 4.90 Å². The molecule has 3 aromatic rings. The van der Waals surface area contributed by atoms with E-state index in [4.69, 9.17) is 4.52 Å². The van der Waals surface area contributed by atoms with Crippen molar-refractivity contribution in [3.63, 3.8) is 0 Å². The topological polar surface area (TPSA) is 72.2 Å². The molecule has 0 bridgehead atoms. The molecule has 0 aliphatic heterocycles. The molecule has 2 aromatic heterocycles. The molecule has 25 heavy (non-hydrogen) atoms. The van der Waals surface area contributed by atoms with E-state index in [9.17, 15) is 8.42 Å². The Labute approximate surface area is 151 Å². The van der Waals surface area contributed by atoms with Crippen LogP contribution < -0.4 is 4.72 Å². The molecule has 132 valence electrons. The molecule has 1 aromatic carbocycles. The van der Waals surface area contributed by atoms with Gasteiger partial charge >= 0.3 is 0 Å².